The van der Waals surface area contributed by atoms with Crippen LogP contribution in [0, 0.1) is 12.8 Å². The molecule has 7 heteroatoms. The minimum Gasteiger partial charge on any atom is -0.356 e. The molecule has 0 radical (unpaired) electrons. The molecular weight excluding hydrogens is 497 g/mol. The number of rotatable bonds is 8. The van der Waals surface area contributed by atoms with E-state index in [0.717, 1.165) is 33.7 Å². The summed E-state index contributed by atoms with van der Waals surface area (Å²) < 4.78 is 43.3. The second-order valence-electron chi connectivity index (χ2n) is 9.91. The van der Waals surface area contributed by atoms with Crippen LogP contribution in [0.15, 0.2) is 72.9 Å². The van der Waals surface area contributed by atoms with Gasteiger partial charge in [-0.1, -0.05) is 79.5 Å². The van der Waals surface area contributed by atoms with Crippen molar-refractivity contribution in [2.75, 3.05) is 6.54 Å². The Hall–Kier alpha value is -3.25. The van der Waals surface area contributed by atoms with E-state index in [1.807, 2.05) is 51.2 Å². The van der Waals surface area contributed by atoms with Crippen molar-refractivity contribution in [3.8, 4) is 0 Å². The number of amides is 1. The van der Waals surface area contributed by atoms with Gasteiger partial charge in [-0.3, -0.25) is 4.79 Å². The fourth-order valence-electron chi connectivity index (χ4n) is 4.53. The highest BCUT2D eigenvalue weighted by molar-refractivity contribution is 6.31. The van der Waals surface area contributed by atoms with E-state index in [2.05, 4.69) is 34.1 Å². The molecule has 37 heavy (non-hydrogen) atoms. The molecule has 1 atom stereocenters. The maximum absolute atomic E-state index is 13.7. The summed E-state index contributed by atoms with van der Waals surface area (Å²) in [6, 6.07) is 20.0. The minimum absolute atomic E-state index is 0.0180. The van der Waals surface area contributed by atoms with E-state index in [4.69, 9.17) is 11.6 Å². The van der Waals surface area contributed by atoms with Gasteiger partial charge in [-0.15, -0.1) is 0 Å². The highest BCUT2D eigenvalue weighted by Gasteiger charge is 2.34. The number of alkyl halides is 3. The summed E-state index contributed by atoms with van der Waals surface area (Å²) in [6.07, 6.45) is -2.62. The lowest BCUT2D eigenvalue weighted by Crippen LogP contribution is -2.28. The van der Waals surface area contributed by atoms with Gasteiger partial charge in [0.1, 0.15) is 0 Å². The second-order valence-corrected chi connectivity index (χ2v) is 10.3. The maximum Gasteiger partial charge on any atom is 0.417 e. The van der Waals surface area contributed by atoms with Crippen molar-refractivity contribution >= 4 is 28.4 Å². The van der Waals surface area contributed by atoms with Crippen LogP contribution < -0.4 is 5.32 Å². The number of nitrogens with one attached hydrogen (secondary N) is 1. The first-order chi connectivity index (χ1) is 17.5. The SMILES string of the molecule is Cc1ccc(Cn2cc([C@H](CC(=O)NCC(C)C)c3ccc(Cl)c(C(F)(F)F)c3)c3ccccc32)cc1. The van der Waals surface area contributed by atoms with E-state index in [0.29, 0.717) is 18.7 Å². The van der Waals surface area contributed by atoms with Gasteiger partial charge in [0.15, 0.2) is 0 Å². The van der Waals surface area contributed by atoms with Gasteiger partial charge in [-0.25, -0.2) is 0 Å². The molecule has 0 bridgehead atoms. The Labute approximate surface area is 220 Å². The predicted molar refractivity (Wildman–Crippen MR) is 143 cm³/mol. The molecule has 0 aliphatic heterocycles. The first-order valence-corrected chi connectivity index (χ1v) is 12.7. The number of nitrogens with zero attached hydrogens (tertiary/aromatic N) is 1. The molecule has 0 saturated heterocycles. The van der Waals surface area contributed by atoms with Crippen molar-refractivity contribution in [3.05, 3.63) is 106 Å². The third-order valence-corrected chi connectivity index (χ3v) is 6.79. The lowest BCUT2D eigenvalue weighted by Gasteiger charge is -2.20. The summed E-state index contributed by atoms with van der Waals surface area (Å²) in [5.74, 6) is -0.543. The van der Waals surface area contributed by atoms with Crippen LogP contribution in [0.5, 0.6) is 0 Å². The molecule has 1 N–H and O–H groups in total. The van der Waals surface area contributed by atoms with Gasteiger partial charge in [0.25, 0.3) is 0 Å². The molecule has 0 aliphatic rings. The average molecular weight is 527 g/mol. The zero-order chi connectivity index (χ0) is 26.7. The van der Waals surface area contributed by atoms with Crippen LogP contribution in [-0.2, 0) is 17.5 Å². The summed E-state index contributed by atoms with van der Waals surface area (Å²) in [5, 5.41) is 3.46. The fourth-order valence-corrected chi connectivity index (χ4v) is 4.76. The van der Waals surface area contributed by atoms with Crippen LogP contribution in [0.2, 0.25) is 5.02 Å². The Morgan fingerprint density at radius 2 is 1.73 bits per heavy atom. The Morgan fingerprint density at radius 1 is 1.03 bits per heavy atom. The molecule has 0 aliphatic carbocycles. The lowest BCUT2D eigenvalue weighted by molar-refractivity contribution is -0.137. The predicted octanol–water partition coefficient (Wildman–Crippen LogP) is 7.96. The number of fused-ring (bicyclic) bond motifs is 1. The third kappa shape index (κ3) is 6.37. The number of aromatic nitrogens is 1. The normalized spacial score (nSPS) is 12.8. The number of carbonyl (C=O) groups excluding carboxylic acids is 1. The molecule has 1 heterocycles. The molecule has 1 amide bonds. The van der Waals surface area contributed by atoms with E-state index in [-0.39, 0.29) is 23.3 Å². The van der Waals surface area contributed by atoms with Gasteiger partial charge in [0, 0.05) is 42.5 Å². The average Bonchev–Trinajstić information content (AvgIpc) is 3.20. The van der Waals surface area contributed by atoms with Crippen molar-refractivity contribution in [2.24, 2.45) is 5.92 Å². The maximum atomic E-state index is 13.7. The lowest BCUT2D eigenvalue weighted by atomic mass is 9.87. The van der Waals surface area contributed by atoms with Crippen molar-refractivity contribution in [1.82, 2.24) is 9.88 Å². The first kappa shape index (κ1) is 26.8. The molecule has 0 spiro atoms. The van der Waals surface area contributed by atoms with E-state index in [1.165, 1.54) is 6.07 Å². The van der Waals surface area contributed by atoms with Gasteiger partial charge < -0.3 is 9.88 Å². The van der Waals surface area contributed by atoms with Crippen molar-refractivity contribution < 1.29 is 18.0 Å². The number of hydrogen-bond donors (Lipinski definition) is 1. The highest BCUT2D eigenvalue weighted by atomic mass is 35.5. The molecule has 4 rings (SSSR count). The van der Waals surface area contributed by atoms with E-state index < -0.39 is 17.7 Å². The monoisotopic (exact) mass is 526 g/mol. The molecule has 3 aromatic carbocycles. The summed E-state index contributed by atoms with van der Waals surface area (Å²) in [4.78, 5) is 13.0. The van der Waals surface area contributed by atoms with Crippen LogP contribution in [0.4, 0.5) is 13.2 Å². The fraction of sp³-hybridized carbons (Fsp3) is 0.300. The van der Waals surface area contributed by atoms with Crippen LogP contribution in [0.1, 0.15) is 54.0 Å². The molecule has 1 aromatic heterocycles. The molecule has 0 saturated carbocycles. The van der Waals surface area contributed by atoms with Gasteiger partial charge in [-0.2, -0.15) is 13.2 Å². The topological polar surface area (TPSA) is 34.0 Å². The van der Waals surface area contributed by atoms with Gasteiger partial charge >= 0.3 is 6.18 Å². The van der Waals surface area contributed by atoms with E-state index >= 15 is 0 Å². The quantitative estimate of drug-likeness (QED) is 0.248. The largest absolute Gasteiger partial charge is 0.417 e. The molecule has 194 valence electrons. The Morgan fingerprint density at radius 3 is 2.41 bits per heavy atom. The van der Waals surface area contributed by atoms with Gasteiger partial charge in [-0.05, 0) is 47.7 Å². The molecule has 3 nitrogen and oxygen atoms in total. The van der Waals surface area contributed by atoms with Crippen LogP contribution in [-0.4, -0.2) is 17.0 Å². The Balaban J connectivity index is 1.82. The minimum atomic E-state index is -4.60. The van der Waals surface area contributed by atoms with Crippen LogP contribution in [0.3, 0.4) is 0 Å². The summed E-state index contributed by atoms with van der Waals surface area (Å²) >= 11 is 5.92. The van der Waals surface area contributed by atoms with E-state index in [9.17, 15) is 18.0 Å². The summed E-state index contributed by atoms with van der Waals surface area (Å²) in [5.41, 5.74) is 3.53. The number of halogens is 4. The van der Waals surface area contributed by atoms with Crippen molar-refractivity contribution in [2.45, 2.75) is 45.8 Å². The van der Waals surface area contributed by atoms with Gasteiger partial charge in [0.05, 0.1) is 10.6 Å². The van der Waals surface area contributed by atoms with Gasteiger partial charge in [0.2, 0.25) is 5.91 Å². The number of carbonyl (C=O) groups is 1. The third-order valence-electron chi connectivity index (χ3n) is 6.46. The van der Waals surface area contributed by atoms with Crippen LogP contribution in [0.25, 0.3) is 10.9 Å². The summed E-state index contributed by atoms with van der Waals surface area (Å²) in [6.45, 7) is 7.11. The van der Waals surface area contributed by atoms with Crippen LogP contribution >= 0.6 is 11.6 Å². The zero-order valence-corrected chi connectivity index (χ0v) is 21.8. The summed E-state index contributed by atoms with van der Waals surface area (Å²) in [7, 11) is 0. The molecular formula is C30H30ClF3N2O. The first-order valence-electron chi connectivity index (χ1n) is 12.3. The number of hydrogen-bond acceptors (Lipinski definition) is 1. The number of aryl methyl sites for hydroxylation is 1. The Kier molecular flexibility index (Phi) is 7.98. The van der Waals surface area contributed by atoms with Crippen molar-refractivity contribution in [1.29, 1.82) is 0 Å². The smallest absolute Gasteiger partial charge is 0.356 e. The zero-order valence-electron chi connectivity index (χ0n) is 21.1. The number of para-hydroxylation sites is 1. The standard InChI is InChI=1S/C30H30ClF3N2O/c1-19(2)16-35-29(37)15-24(22-12-13-27(31)26(14-22)30(32,33)34)25-18-36(28-7-5-4-6-23(25)28)17-21-10-8-20(3)9-11-21/h4-14,18-19,24H,15-17H2,1-3H3,(H,35,37)/t24-/m1/s1. The van der Waals surface area contributed by atoms with E-state index in [1.54, 1.807) is 6.07 Å². The molecule has 4 aromatic rings. The molecule has 0 unspecified atom stereocenters. The highest BCUT2D eigenvalue weighted by Crippen LogP contribution is 2.40. The number of benzene rings is 3. The second kappa shape index (κ2) is 11.0. The molecule has 0 fully saturated rings. The van der Waals surface area contributed by atoms with Crippen molar-refractivity contribution in [3.63, 3.8) is 0 Å². The Bertz CT molecular complexity index is 1390.